The van der Waals surface area contributed by atoms with Gasteiger partial charge in [-0.15, -0.1) is 0 Å². The minimum atomic E-state index is 0.109. The Morgan fingerprint density at radius 2 is 1.97 bits per heavy atom. The summed E-state index contributed by atoms with van der Waals surface area (Å²) in [6.07, 6.45) is 11.1. The first-order valence-corrected chi connectivity index (χ1v) is 12.2. The number of pyridine rings is 1. The van der Waals surface area contributed by atoms with Gasteiger partial charge in [-0.05, 0) is 87.2 Å². The summed E-state index contributed by atoms with van der Waals surface area (Å²) in [4.78, 5) is 31.2. The standard InChI is InChI=1S/C23H31N3O2S/c1-15(23-11-16-8-17(12-23)10-18(9-16)13-23)25-20(27)5-3-7-26-19-4-2-6-24-22(19)29-14-21(26)28/h2,4,6,15-18H,3,5,7-14H2,1H3,(H,25,27). The Kier molecular flexibility index (Phi) is 5.09. The molecule has 0 aromatic carbocycles. The minimum Gasteiger partial charge on any atom is -0.353 e. The maximum atomic E-state index is 12.7. The Labute approximate surface area is 177 Å². The van der Waals surface area contributed by atoms with E-state index in [1.165, 1.54) is 50.3 Å². The monoisotopic (exact) mass is 413 g/mol. The maximum Gasteiger partial charge on any atom is 0.237 e. The zero-order chi connectivity index (χ0) is 20.0. The highest BCUT2D eigenvalue weighted by molar-refractivity contribution is 8.00. The van der Waals surface area contributed by atoms with Gasteiger partial charge in [0, 0.05) is 25.2 Å². The van der Waals surface area contributed by atoms with E-state index in [9.17, 15) is 9.59 Å². The van der Waals surface area contributed by atoms with Gasteiger partial charge in [-0.25, -0.2) is 4.98 Å². The van der Waals surface area contributed by atoms with Gasteiger partial charge in [-0.2, -0.15) is 0 Å². The summed E-state index contributed by atoms with van der Waals surface area (Å²) in [6, 6.07) is 4.08. The van der Waals surface area contributed by atoms with Crippen LogP contribution in [0.15, 0.2) is 23.4 Å². The first-order chi connectivity index (χ1) is 14.0. The molecule has 0 radical (unpaired) electrons. The Morgan fingerprint density at radius 1 is 1.28 bits per heavy atom. The molecule has 2 heterocycles. The minimum absolute atomic E-state index is 0.109. The van der Waals surface area contributed by atoms with Crippen molar-refractivity contribution in [2.45, 2.75) is 69.4 Å². The molecule has 6 rings (SSSR count). The van der Waals surface area contributed by atoms with Gasteiger partial charge in [0.2, 0.25) is 11.8 Å². The number of aromatic nitrogens is 1. The van der Waals surface area contributed by atoms with Crippen molar-refractivity contribution in [1.82, 2.24) is 10.3 Å². The van der Waals surface area contributed by atoms with Crippen LogP contribution in [0.25, 0.3) is 0 Å². The van der Waals surface area contributed by atoms with Gasteiger partial charge in [-0.3, -0.25) is 9.59 Å². The number of hydrogen-bond donors (Lipinski definition) is 1. The van der Waals surface area contributed by atoms with Crippen molar-refractivity contribution in [2.24, 2.45) is 23.2 Å². The van der Waals surface area contributed by atoms with Crippen molar-refractivity contribution < 1.29 is 9.59 Å². The number of fused-ring (bicyclic) bond motifs is 1. The number of nitrogens with one attached hydrogen (secondary N) is 1. The summed E-state index contributed by atoms with van der Waals surface area (Å²) in [7, 11) is 0. The van der Waals surface area contributed by atoms with Crippen LogP contribution < -0.4 is 10.2 Å². The van der Waals surface area contributed by atoms with Gasteiger partial charge in [0.15, 0.2) is 0 Å². The summed E-state index contributed by atoms with van der Waals surface area (Å²) in [5, 5.41) is 4.26. The number of hydrogen-bond acceptors (Lipinski definition) is 4. The van der Waals surface area contributed by atoms with Crippen molar-refractivity contribution >= 4 is 29.3 Å². The number of carbonyl (C=O) groups excluding carboxylic acids is 2. The van der Waals surface area contributed by atoms with E-state index in [0.29, 0.717) is 30.6 Å². The van der Waals surface area contributed by atoms with Gasteiger partial charge >= 0.3 is 0 Å². The Morgan fingerprint density at radius 3 is 2.66 bits per heavy atom. The lowest BCUT2D eigenvalue weighted by atomic mass is 9.48. The average Bonchev–Trinajstić information content (AvgIpc) is 2.68. The largest absolute Gasteiger partial charge is 0.353 e. The molecule has 156 valence electrons. The quantitative estimate of drug-likeness (QED) is 0.765. The molecule has 2 amide bonds. The third kappa shape index (κ3) is 3.69. The van der Waals surface area contributed by atoms with Crippen molar-refractivity contribution in [3.8, 4) is 0 Å². The zero-order valence-electron chi connectivity index (χ0n) is 17.2. The molecule has 1 N–H and O–H groups in total. The number of rotatable bonds is 6. The van der Waals surface area contributed by atoms with Crippen LogP contribution >= 0.6 is 11.8 Å². The fourth-order valence-corrected chi connectivity index (χ4v) is 7.74. The molecule has 6 heteroatoms. The second kappa shape index (κ2) is 7.60. The van der Waals surface area contributed by atoms with Crippen LogP contribution in [0, 0.1) is 23.2 Å². The van der Waals surface area contributed by atoms with Gasteiger partial charge in [0.05, 0.1) is 11.4 Å². The van der Waals surface area contributed by atoms with E-state index >= 15 is 0 Å². The molecule has 5 aliphatic rings. The van der Waals surface area contributed by atoms with E-state index in [-0.39, 0.29) is 17.9 Å². The molecular formula is C23H31N3O2S. The van der Waals surface area contributed by atoms with E-state index in [4.69, 9.17) is 0 Å². The van der Waals surface area contributed by atoms with Crippen molar-refractivity contribution in [2.75, 3.05) is 17.2 Å². The Balaban J connectivity index is 1.15. The van der Waals surface area contributed by atoms with Crippen LogP contribution in [-0.4, -0.2) is 35.1 Å². The smallest absolute Gasteiger partial charge is 0.237 e. The van der Waals surface area contributed by atoms with E-state index in [0.717, 1.165) is 28.5 Å². The summed E-state index contributed by atoms with van der Waals surface area (Å²) in [6.45, 7) is 2.82. The first kappa shape index (κ1) is 19.4. The third-order valence-corrected chi connectivity index (χ3v) is 8.82. The van der Waals surface area contributed by atoms with Crippen LogP contribution in [0.3, 0.4) is 0 Å². The van der Waals surface area contributed by atoms with Gasteiger partial charge in [-0.1, -0.05) is 11.8 Å². The molecule has 4 aliphatic carbocycles. The lowest BCUT2D eigenvalue weighted by molar-refractivity contribution is -0.126. The Bertz CT molecular complexity index is 776. The summed E-state index contributed by atoms with van der Waals surface area (Å²) in [5.74, 6) is 3.38. The molecule has 4 fully saturated rings. The average molecular weight is 414 g/mol. The molecule has 4 bridgehead atoms. The second-order valence-corrected chi connectivity index (χ2v) is 10.8. The molecule has 4 saturated carbocycles. The summed E-state index contributed by atoms with van der Waals surface area (Å²) >= 11 is 1.49. The highest BCUT2D eigenvalue weighted by atomic mass is 32.2. The normalized spacial score (nSPS) is 33.5. The Hall–Kier alpha value is -1.56. The molecule has 0 saturated heterocycles. The molecule has 5 nitrogen and oxygen atoms in total. The topological polar surface area (TPSA) is 62.3 Å². The van der Waals surface area contributed by atoms with Gasteiger partial charge in [0.1, 0.15) is 5.03 Å². The van der Waals surface area contributed by atoms with Gasteiger partial charge < -0.3 is 10.2 Å². The number of nitrogens with zero attached hydrogens (tertiary/aromatic N) is 2. The van der Waals surface area contributed by atoms with Crippen molar-refractivity contribution in [3.63, 3.8) is 0 Å². The molecule has 29 heavy (non-hydrogen) atoms. The lowest BCUT2D eigenvalue weighted by Gasteiger charge is -2.59. The first-order valence-electron chi connectivity index (χ1n) is 11.2. The zero-order valence-corrected chi connectivity index (χ0v) is 18.0. The van der Waals surface area contributed by atoms with E-state index in [1.807, 2.05) is 12.1 Å². The number of anilines is 1. The number of thioether (sulfide) groups is 1. The van der Waals surface area contributed by atoms with Crippen LogP contribution in [0.1, 0.15) is 58.3 Å². The van der Waals surface area contributed by atoms with Crippen LogP contribution in [-0.2, 0) is 9.59 Å². The highest BCUT2D eigenvalue weighted by Gasteiger charge is 2.53. The van der Waals surface area contributed by atoms with E-state index in [1.54, 1.807) is 11.1 Å². The highest BCUT2D eigenvalue weighted by Crippen LogP contribution is 2.61. The molecule has 0 spiro atoms. The predicted octanol–water partition coefficient (Wildman–Crippen LogP) is 4.02. The number of amides is 2. The third-order valence-electron chi connectivity index (χ3n) is 7.84. The molecule has 1 unspecified atom stereocenters. The molecule has 1 aromatic heterocycles. The molecule has 1 atom stereocenters. The van der Waals surface area contributed by atoms with E-state index in [2.05, 4.69) is 17.2 Å². The predicted molar refractivity (Wildman–Crippen MR) is 115 cm³/mol. The van der Waals surface area contributed by atoms with Crippen molar-refractivity contribution in [1.29, 1.82) is 0 Å². The fraction of sp³-hybridized carbons (Fsp3) is 0.696. The molecule has 1 aromatic rings. The fourth-order valence-electron chi connectivity index (χ4n) is 6.86. The van der Waals surface area contributed by atoms with E-state index < -0.39 is 0 Å². The van der Waals surface area contributed by atoms with Crippen LogP contribution in [0.2, 0.25) is 0 Å². The SMILES string of the molecule is CC(NC(=O)CCCN1C(=O)CSc2ncccc21)C12CC3CC(CC(C3)C1)C2. The summed E-state index contributed by atoms with van der Waals surface area (Å²) < 4.78 is 0. The second-order valence-electron chi connectivity index (χ2n) is 9.83. The molecular weight excluding hydrogens is 382 g/mol. The maximum absolute atomic E-state index is 12.7. The van der Waals surface area contributed by atoms with Crippen molar-refractivity contribution in [3.05, 3.63) is 18.3 Å². The number of carbonyl (C=O) groups is 2. The lowest BCUT2D eigenvalue weighted by Crippen LogP contribution is -2.55. The summed E-state index contributed by atoms with van der Waals surface area (Å²) in [5.41, 5.74) is 1.23. The van der Waals surface area contributed by atoms with Crippen LogP contribution in [0.4, 0.5) is 5.69 Å². The van der Waals surface area contributed by atoms with Crippen LogP contribution in [0.5, 0.6) is 0 Å². The van der Waals surface area contributed by atoms with Gasteiger partial charge in [0.25, 0.3) is 0 Å². The molecule has 1 aliphatic heterocycles.